The van der Waals surface area contributed by atoms with Crippen LogP contribution < -0.4 is 0 Å². The molecule has 0 spiro atoms. The lowest BCUT2D eigenvalue weighted by atomic mass is 10.1. The Morgan fingerprint density at radius 1 is 0.844 bits per heavy atom. The summed E-state index contributed by atoms with van der Waals surface area (Å²) in [6.45, 7) is 3.80. The molecule has 5 rings (SSSR count). The predicted octanol–water partition coefficient (Wildman–Crippen LogP) is 4.51. The Bertz CT molecular complexity index is 1180. The summed E-state index contributed by atoms with van der Waals surface area (Å²) >= 11 is 0. The van der Waals surface area contributed by atoms with Crippen molar-refractivity contribution in [1.82, 2.24) is 19.5 Å². The van der Waals surface area contributed by atoms with E-state index in [1.54, 1.807) is 0 Å². The number of fused-ring (bicyclic) bond motifs is 1. The molecule has 1 saturated heterocycles. The summed E-state index contributed by atoms with van der Waals surface area (Å²) in [5, 5.41) is 14.3. The number of rotatable bonds is 8. The lowest BCUT2D eigenvalue weighted by Crippen LogP contribution is -2.20. The van der Waals surface area contributed by atoms with Crippen molar-refractivity contribution in [3.05, 3.63) is 89.2 Å². The summed E-state index contributed by atoms with van der Waals surface area (Å²) in [7, 11) is 0. The first-order valence-corrected chi connectivity index (χ1v) is 11.6. The lowest BCUT2D eigenvalue weighted by Gasteiger charge is -2.13. The number of benzene rings is 2. The number of aliphatic hydroxyl groups is 1. The van der Waals surface area contributed by atoms with Gasteiger partial charge in [0.05, 0.1) is 12.3 Å². The predicted molar refractivity (Wildman–Crippen MR) is 128 cm³/mol. The van der Waals surface area contributed by atoms with Crippen LogP contribution in [0.4, 0.5) is 0 Å². The first-order valence-electron chi connectivity index (χ1n) is 11.6. The minimum Gasteiger partial charge on any atom is -0.392 e. The van der Waals surface area contributed by atoms with Crippen LogP contribution in [-0.4, -0.2) is 44.2 Å². The quantitative estimate of drug-likeness (QED) is 0.450. The first kappa shape index (κ1) is 20.9. The van der Waals surface area contributed by atoms with E-state index >= 15 is 0 Å². The number of aromatic nitrogens is 3. The van der Waals surface area contributed by atoms with E-state index in [-0.39, 0.29) is 6.61 Å². The smallest absolute Gasteiger partial charge is 0.156 e. The van der Waals surface area contributed by atoms with Gasteiger partial charge < -0.3 is 10.0 Å². The summed E-state index contributed by atoms with van der Waals surface area (Å²) in [6.07, 6.45) is 5.81. The Morgan fingerprint density at radius 3 is 2.44 bits per heavy atom. The van der Waals surface area contributed by atoms with Gasteiger partial charge in [0, 0.05) is 12.0 Å². The van der Waals surface area contributed by atoms with Gasteiger partial charge in [-0.25, -0.2) is 9.50 Å². The molecule has 5 heteroatoms. The van der Waals surface area contributed by atoms with E-state index in [0.29, 0.717) is 6.42 Å². The summed E-state index contributed by atoms with van der Waals surface area (Å²) in [4.78, 5) is 7.33. The van der Waals surface area contributed by atoms with Gasteiger partial charge in [-0.2, -0.15) is 5.10 Å². The molecule has 0 atom stereocenters. The van der Waals surface area contributed by atoms with Crippen LogP contribution in [0.1, 0.15) is 41.8 Å². The fourth-order valence-electron chi connectivity index (χ4n) is 4.59. The standard InChI is InChI=1S/C27H30N4O/c32-20-23-6-3-8-24(18-23)25-9-4-10-27-28-26(29-31(25)27)19-22-13-11-21(12-14-22)7-5-17-30-15-1-2-16-30/h3-4,6,8-14,18,32H,1-2,5,7,15-17,19-20H2. The van der Waals surface area contributed by atoms with Gasteiger partial charge in [0.1, 0.15) is 0 Å². The molecule has 2 aromatic heterocycles. The van der Waals surface area contributed by atoms with Crippen molar-refractivity contribution in [3.8, 4) is 11.3 Å². The normalized spacial score (nSPS) is 14.4. The maximum Gasteiger partial charge on any atom is 0.156 e. The second kappa shape index (κ2) is 9.63. The van der Waals surface area contributed by atoms with Gasteiger partial charge in [-0.15, -0.1) is 0 Å². The van der Waals surface area contributed by atoms with Crippen LogP contribution in [0, 0.1) is 0 Å². The molecule has 1 N–H and O–H groups in total. The Labute approximate surface area is 189 Å². The minimum absolute atomic E-state index is 0.0284. The highest BCUT2D eigenvalue weighted by molar-refractivity contribution is 5.63. The molecule has 0 radical (unpaired) electrons. The third-order valence-electron chi connectivity index (χ3n) is 6.33. The average molecular weight is 427 g/mol. The molecule has 3 heterocycles. The minimum atomic E-state index is 0.0284. The Kier molecular flexibility index (Phi) is 6.28. The molecular weight excluding hydrogens is 396 g/mol. The maximum atomic E-state index is 9.47. The lowest BCUT2D eigenvalue weighted by molar-refractivity contribution is 0.282. The number of hydrogen-bond acceptors (Lipinski definition) is 4. The molecule has 1 fully saturated rings. The maximum absolute atomic E-state index is 9.47. The molecule has 2 aromatic carbocycles. The van der Waals surface area contributed by atoms with Gasteiger partial charge in [0.2, 0.25) is 0 Å². The molecule has 1 aliphatic heterocycles. The van der Waals surface area contributed by atoms with E-state index < -0.39 is 0 Å². The molecule has 4 aromatic rings. The molecule has 0 unspecified atom stereocenters. The number of likely N-dealkylation sites (tertiary alicyclic amines) is 1. The van der Waals surface area contributed by atoms with Gasteiger partial charge in [0.15, 0.2) is 11.5 Å². The highest BCUT2D eigenvalue weighted by Gasteiger charge is 2.11. The van der Waals surface area contributed by atoms with Crippen LogP contribution in [-0.2, 0) is 19.4 Å². The van der Waals surface area contributed by atoms with Crippen molar-refractivity contribution in [2.75, 3.05) is 19.6 Å². The molecule has 0 saturated carbocycles. The van der Waals surface area contributed by atoms with E-state index in [9.17, 15) is 5.11 Å². The second-order valence-corrected chi connectivity index (χ2v) is 8.71. The zero-order valence-electron chi connectivity index (χ0n) is 18.5. The molecule has 0 bridgehead atoms. The fraction of sp³-hybridized carbons (Fsp3) is 0.333. The average Bonchev–Trinajstić information content (AvgIpc) is 3.49. The van der Waals surface area contributed by atoms with Crippen molar-refractivity contribution < 1.29 is 5.11 Å². The largest absolute Gasteiger partial charge is 0.392 e. The fourth-order valence-corrected chi connectivity index (χ4v) is 4.59. The Morgan fingerprint density at radius 2 is 1.62 bits per heavy atom. The Balaban J connectivity index is 1.28. The van der Waals surface area contributed by atoms with E-state index in [1.807, 2.05) is 47.0 Å². The van der Waals surface area contributed by atoms with Gasteiger partial charge in [-0.3, -0.25) is 0 Å². The molecule has 32 heavy (non-hydrogen) atoms. The van der Waals surface area contributed by atoms with E-state index in [0.717, 1.165) is 34.7 Å². The summed E-state index contributed by atoms with van der Waals surface area (Å²) in [6, 6.07) is 22.9. The van der Waals surface area contributed by atoms with Gasteiger partial charge >= 0.3 is 0 Å². The van der Waals surface area contributed by atoms with Crippen LogP contribution in [0.3, 0.4) is 0 Å². The van der Waals surface area contributed by atoms with Crippen LogP contribution in [0.2, 0.25) is 0 Å². The number of nitrogens with zero attached hydrogens (tertiary/aromatic N) is 4. The highest BCUT2D eigenvalue weighted by atomic mass is 16.3. The van der Waals surface area contributed by atoms with Crippen molar-refractivity contribution >= 4 is 5.65 Å². The van der Waals surface area contributed by atoms with E-state index in [1.165, 1.54) is 50.0 Å². The molecule has 164 valence electrons. The number of pyridine rings is 1. The third kappa shape index (κ3) is 4.74. The van der Waals surface area contributed by atoms with Crippen LogP contribution in [0.5, 0.6) is 0 Å². The van der Waals surface area contributed by atoms with Crippen molar-refractivity contribution in [3.63, 3.8) is 0 Å². The highest BCUT2D eigenvalue weighted by Crippen LogP contribution is 2.22. The van der Waals surface area contributed by atoms with E-state index in [4.69, 9.17) is 10.1 Å². The van der Waals surface area contributed by atoms with Crippen molar-refractivity contribution in [2.45, 2.75) is 38.7 Å². The zero-order valence-corrected chi connectivity index (χ0v) is 18.5. The Hall–Kier alpha value is -3.02. The van der Waals surface area contributed by atoms with Crippen molar-refractivity contribution in [2.24, 2.45) is 0 Å². The van der Waals surface area contributed by atoms with Crippen LogP contribution in [0.15, 0.2) is 66.7 Å². The summed E-state index contributed by atoms with van der Waals surface area (Å²) in [5.41, 5.74) is 6.36. The molecule has 1 aliphatic rings. The molecular formula is C27H30N4O. The third-order valence-corrected chi connectivity index (χ3v) is 6.33. The van der Waals surface area contributed by atoms with Gasteiger partial charge in [0.25, 0.3) is 0 Å². The van der Waals surface area contributed by atoms with Crippen LogP contribution >= 0.6 is 0 Å². The topological polar surface area (TPSA) is 53.7 Å². The number of hydrogen-bond donors (Lipinski definition) is 1. The van der Waals surface area contributed by atoms with E-state index in [2.05, 4.69) is 29.2 Å². The first-order chi connectivity index (χ1) is 15.8. The second-order valence-electron chi connectivity index (χ2n) is 8.71. The molecule has 0 amide bonds. The summed E-state index contributed by atoms with van der Waals surface area (Å²) in [5.74, 6) is 0.817. The van der Waals surface area contributed by atoms with Gasteiger partial charge in [-0.05, 0) is 80.2 Å². The molecule has 0 aliphatic carbocycles. The van der Waals surface area contributed by atoms with Crippen LogP contribution in [0.25, 0.3) is 16.9 Å². The SMILES string of the molecule is OCc1cccc(-c2cccc3nc(Cc4ccc(CCCN5CCCC5)cc4)nn23)c1. The molecule has 5 nitrogen and oxygen atoms in total. The van der Waals surface area contributed by atoms with Crippen molar-refractivity contribution in [1.29, 1.82) is 0 Å². The monoisotopic (exact) mass is 426 g/mol. The number of aliphatic hydroxyl groups excluding tert-OH is 1. The summed E-state index contributed by atoms with van der Waals surface area (Å²) < 4.78 is 1.90. The number of aryl methyl sites for hydroxylation is 1. The van der Waals surface area contributed by atoms with Gasteiger partial charge in [-0.1, -0.05) is 48.5 Å². The zero-order chi connectivity index (χ0) is 21.8.